The molecule has 0 radical (unpaired) electrons. The van der Waals surface area contributed by atoms with E-state index < -0.39 is 0 Å². The first-order valence-corrected chi connectivity index (χ1v) is 6.65. The number of nitrogens with two attached hydrogens (primary N) is 1. The number of nitrogens with zero attached hydrogens (tertiary/aromatic N) is 1. The van der Waals surface area contributed by atoms with Gasteiger partial charge in [0.25, 0.3) is 5.91 Å². The third kappa shape index (κ3) is 2.95. The molecule has 0 bridgehead atoms. The van der Waals surface area contributed by atoms with Crippen LogP contribution in [0.3, 0.4) is 0 Å². The van der Waals surface area contributed by atoms with Crippen LogP contribution in [-0.4, -0.2) is 29.9 Å². The molecule has 2 rings (SSSR count). The zero-order chi connectivity index (χ0) is 12.4. The second-order valence-corrected chi connectivity index (χ2v) is 5.42. The molecule has 5 heteroatoms. The first kappa shape index (κ1) is 12.8. The van der Waals surface area contributed by atoms with Crippen LogP contribution in [0.2, 0.25) is 0 Å². The lowest BCUT2D eigenvalue weighted by Gasteiger charge is -2.30. The molecule has 1 fully saturated rings. The highest BCUT2D eigenvalue weighted by molar-refractivity contribution is 14.1. The van der Waals surface area contributed by atoms with Crippen LogP contribution in [0.25, 0.3) is 0 Å². The molecule has 1 aromatic carbocycles. The van der Waals surface area contributed by atoms with Gasteiger partial charge in [-0.1, -0.05) is 0 Å². The van der Waals surface area contributed by atoms with Crippen molar-refractivity contribution in [1.29, 1.82) is 0 Å². The maximum absolute atomic E-state index is 13.0. The molecule has 1 aliphatic heterocycles. The summed E-state index contributed by atoms with van der Waals surface area (Å²) in [6.45, 7) is 1.38. The van der Waals surface area contributed by atoms with Gasteiger partial charge in [0.1, 0.15) is 5.82 Å². The minimum absolute atomic E-state index is 0.0266. The van der Waals surface area contributed by atoms with E-state index in [4.69, 9.17) is 5.73 Å². The predicted molar refractivity (Wildman–Crippen MR) is 72.2 cm³/mol. The molecule has 1 amide bonds. The number of carbonyl (C=O) groups is 1. The number of carbonyl (C=O) groups excluding carboxylic acids is 1. The summed E-state index contributed by atoms with van der Waals surface area (Å²) in [4.78, 5) is 14.0. The Labute approximate surface area is 113 Å². The van der Waals surface area contributed by atoms with E-state index in [2.05, 4.69) is 0 Å². The van der Waals surface area contributed by atoms with E-state index in [1.807, 2.05) is 22.6 Å². The van der Waals surface area contributed by atoms with Gasteiger partial charge in [0, 0.05) is 22.7 Å². The topological polar surface area (TPSA) is 46.3 Å². The fourth-order valence-electron chi connectivity index (χ4n) is 1.94. The molecular weight excluding hydrogens is 334 g/mol. The van der Waals surface area contributed by atoms with Crippen molar-refractivity contribution in [1.82, 2.24) is 4.90 Å². The maximum atomic E-state index is 13.0. The van der Waals surface area contributed by atoms with Crippen LogP contribution < -0.4 is 5.73 Å². The Morgan fingerprint density at radius 1 is 1.41 bits per heavy atom. The summed E-state index contributed by atoms with van der Waals surface area (Å²) in [5, 5.41) is 0. The molecule has 2 N–H and O–H groups in total. The van der Waals surface area contributed by atoms with E-state index in [9.17, 15) is 9.18 Å². The second kappa shape index (κ2) is 5.30. The van der Waals surface area contributed by atoms with E-state index in [0.717, 1.165) is 12.8 Å². The standard InChI is InChI=1S/C12H14FIN2O/c13-8-1-2-10(11(14)7-8)12(17)16-5-3-9(15)4-6-16/h1-2,7,9H,3-6,15H2. The molecule has 17 heavy (non-hydrogen) atoms. The van der Waals surface area contributed by atoms with Crippen molar-refractivity contribution in [2.75, 3.05) is 13.1 Å². The lowest BCUT2D eigenvalue weighted by molar-refractivity contribution is 0.0713. The first-order chi connectivity index (χ1) is 8.08. The number of hydrogen-bond donors (Lipinski definition) is 1. The van der Waals surface area contributed by atoms with Crippen molar-refractivity contribution in [3.63, 3.8) is 0 Å². The zero-order valence-corrected chi connectivity index (χ0v) is 11.5. The number of piperidine rings is 1. The highest BCUT2D eigenvalue weighted by Gasteiger charge is 2.22. The molecule has 1 aromatic rings. The molecule has 3 nitrogen and oxygen atoms in total. The predicted octanol–water partition coefficient (Wildman–Crippen LogP) is 1.99. The van der Waals surface area contributed by atoms with Gasteiger partial charge in [0.2, 0.25) is 0 Å². The van der Waals surface area contributed by atoms with Gasteiger partial charge >= 0.3 is 0 Å². The molecule has 1 saturated heterocycles. The SMILES string of the molecule is NC1CCN(C(=O)c2ccc(F)cc2I)CC1. The highest BCUT2D eigenvalue weighted by Crippen LogP contribution is 2.18. The summed E-state index contributed by atoms with van der Waals surface area (Å²) in [7, 11) is 0. The molecule has 1 heterocycles. The van der Waals surface area contributed by atoms with E-state index in [0.29, 0.717) is 22.2 Å². The van der Waals surface area contributed by atoms with Crippen LogP contribution in [0.5, 0.6) is 0 Å². The molecule has 0 spiro atoms. The smallest absolute Gasteiger partial charge is 0.254 e. The summed E-state index contributed by atoms with van der Waals surface area (Å²) in [6.07, 6.45) is 1.67. The summed E-state index contributed by atoms with van der Waals surface area (Å²) in [5.41, 5.74) is 6.37. The highest BCUT2D eigenvalue weighted by atomic mass is 127. The van der Waals surface area contributed by atoms with Gasteiger partial charge in [0.05, 0.1) is 5.56 Å². The van der Waals surface area contributed by atoms with E-state index in [1.54, 1.807) is 11.0 Å². The Bertz CT molecular complexity index is 431. The van der Waals surface area contributed by atoms with E-state index in [-0.39, 0.29) is 17.8 Å². The molecule has 92 valence electrons. The molecule has 0 aromatic heterocycles. The number of amides is 1. The van der Waals surface area contributed by atoms with Gasteiger partial charge in [-0.2, -0.15) is 0 Å². The number of rotatable bonds is 1. The van der Waals surface area contributed by atoms with Crippen LogP contribution >= 0.6 is 22.6 Å². The summed E-state index contributed by atoms with van der Waals surface area (Å²) >= 11 is 1.99. The third-order valence-electron chi connectivity index (χ3n) is 2.99. The van der Waals surface area contributed by atoms with Crippen molar-refractivity contribution in [3.8, 4) is 0 Å². The average Bonchev–Trinajstić information content (AvgIpc) is 2.29. The van der Waals surface area contributed by atoms with Gasteiger partial charge in [-0.25, -0.2) is 4.39 Å². The Morgan fingerprint density at radius 3 is 2.65 bits per heavy atom. The largest absolute Gasteiger partial charge is 0.338 e. The fraction of sp³-hybridized carbons (Fsp3) is 0.417. The van der Waals surface area contributed by atoms with Crippen molar-refractivity contribution < 1.29 is 9.18 Å². The average molecular weight is 348 g/mol. The van der Waals surface area contributed by atoms with Crippen LogP contribution in [0.4, 0.5) is 4.39 Å². The van der Waals surface area contributed by atoms with Gasteiger partial charge in [0.15, 0.2) is 0 Å². The summed E-state index contributed by atoms with van der Waals surface area (Å²) in [6, 6.07) is 4.45. The normalized spacial score (nSPS) is 17.2. The van der Waals surface area contributed by atoms with Crippen molar-refractivity contribution in [2.45, 2.75) is 18.9 Å². The number of likely N-dealkylation sites (tertiary alicyclic amines) is 1. The Hall–Kier alpha value is -0.690. The molecule has 1 aliphatic rings. The quantitative estimate of drug-likeness (QED) is 0.789. The number of benzene rings is 1. The minimum atomic E-state index is -0.313. The Morgan fingerprint density at radius 2 is 2.06 bits per heavy atom. The summed E-state index contributed by atoms with van der Waals surface area (Å²) in [5.74, 6) is -0.340. The maximum Gasteiger partial charge on any atom is 0.254 e. The van der Waals surface area contributed by atoms with Gasteiger partial charge in [-0.15, -0.1) is 0 Å². The lowest BCUT2D eigenvalue weighted by Crippen LogP contribution is -2.43. The summed E-state index contributed by atoms with van der Waals surface area (Å²) < 4.78 is 13.6. The molecule has 0 saturated carbocycles. The van der Waals surface area contributed by atoms with Crippen LogP contribution in [0.1, 0.15) is 23.2 Å². The lowest BCUT2D eigenvalue weighted by atomic mass is 10.0. The molecule has 0 aliphatic carbocycles. The molecule has 0 unspecified atom stereocenters. The molecular formula is C12H14FIN2O. The van der Waals surface area contributed by atoms with E-state index in [1.165, 1.54) is 12.1 Å². The Kier molecular flexibility index (Phi) is 3.98. The van der Waals surface area contributed by atoms with E-state index >= 15 is 0 Å². The number of hydrogen-bond acceptors (Lipinski definition) is 2. The van der Waals surface area contributed by atoms with Crippen molar-refractivity contribution in [2.24, 2.45) is 5.73 Å². The Balaban J connectivity index is 2.14. The van der Waals surface area contributed by atoms with Crippen LogP contribution in [-0.2, 0) is 0 Å². The van der Waals surface area contributed by atoms with Crippen molar-refractivity contribution >= 4 is 28.5 Å². The molecule has 0 atom stereocenters. The van der Waals surface area contributed by atoms with Crippen LogP contribution in [0.15, 0.2) is 18.2 Å². The van der Waals surface area contributed by atoms with Gasteiger partial charge in [-0.05, 0) is 53.6 Å². The zero-order valence-electron chi connectivity index (χ0n) is 9.33. The second-order valence-electron chi connectivity index (χ2n) is 4.25. The first-order valence-electron chi connectivity index (χ1n) is 5.58. The van der Waals surface area contributed by atoms with Gasteiger partial charge < -0.3 is 10.6 Å². The third-order valence-corrected chi connectivity index (χ3v) is 3.88. The monoisotopic (exact) mass is 348 g/mol. The number of halogens is 2. The fourth-order valence-corrected chi connectivity index (χ4v) is 2.64. The van der Waals surface area contributed by atoms with Gasteiger partial charge in [-0.3, -0.25) is 4.79 Å². The van der Waals surface area contributed by atoms with Crippen molar-refractivity contribution in [3.05, 3.63) is 33.1 Å². The minimum Gasteiger partial charge on any atom is -0.338 e. The van der Waals surface area contributed by atoms with Crippen LogP contribution in [0, 0.1) is 9.39 Å².